The van der Waals surface area contributed by atoms with Crippen molar-refractivity contribution in [3.05, 3.63) is 29.6 Å². The van der Waals surface area contributed by atoms with Gasteiger partial charge in [-0.15, -0.1) is 0 Å². The average molecular weight is 266 g/mol. The molecule has 1 aliphatic heterocycles. The average Bonchev–Trinajstić information content (AvgIpc) is 2.38. The van der Waals surface area contributed by atoms with Gasteiger partial charge in [-0.1, -0.05) is 6.07 Å². The number of carbonyl (C=O) groups is 2. The Morgan fingerprint density at radius 2 is 1.84 bits per heavy atom. The van der Waals surface area contributed by atoms with Crippen LogP contribution in [0.25, 0.3) is 0 Å². The number of amides is 1. The van der Waals surface area contributed by atoms with Crippen LogP contribution in [0.4, 0.5) is 10.1 Å². The minimum Gasteiger partial charge on any atom is -0.478 e. The second kappa shape index (κ2) is 5.26. The largest absolute Gasteiger partial charge is 0.478 e. The molecule has 1 amide bonds. The summed E-state index contributed by atoms with van der Waals surface area (Å²) < 4.78 is 13.6. The second-order valence-corrected chi connectivity index (χ2v) is 4.43. The summed E-state index contributed by atoms with van der Waals surface area (Å²) in [5.41, 5.74) is 0.0643. The molecule has 1 saturated heterocycles. The van der Waals surface area contributed by atoms with Gasteiger partial charge in [-0.05, 0) is 12.1 Å². The number of carboxylic acids is 1. The summed E-state index contributed by atoms with van der Waals surface area (Å²) in [7, 11) is 0. The van der Waals surface area contributed by atoms with Crippen LogP contribution in [0.1, 0.15) is 17.3 Å². The molecular formula is C13H15FN2O3. The number of aromatic carboxylic acids is 1. The minimum absolute atomic E-state index is 0.00245. The fourth-order valence-corrected chi connectivity index (χ4v) is 2.25. The topological polar surface area (TPSA) is 60.9 Å². The van der Waals surface area contributed by atoms with E-state index >= 15 is 0 Å². The maximum atomic E-state index is 13.6. The first-order valence-electron chi connectivity index (χ1n) is 6.03. The van der Waals surface area contributed by atoms with Crippen LogP contribution in [0.3, 0.4) is 0 Å². The van der Waals surface area contributed by atoms with Gasteiger partial charge in [0.25, 0.3) is 0 Å². The summed E-state index contributed by atoms with van der Waals surface area (Å²) >= 11 is 0. The Morgan fingerprint density at radius 3 is 2.37 bits per heavy atom. The van der Waals surface area contributed by atoms with Crippen LogP contribution in [-0.4, -0.2) is 48.1 Å². The molecule has 1 N–H and O–H groups in total. The van der Waals surface area contributed by atoms with Crippen molar-refractivity contribution in [2.45, 2.75) is 6.92 Å². The van der Waals surface area contributed by atoms with E-state index in [1.165, 1.54) is 13.0 Å². The van der Waals surface area contributed by atoms with Gasteiger partial charge in [0.15, 0.2) is 0 Å². The van der Waals surface area contributed by atoms with E-state index in [0.29, 0.717) is 31.9 Å². The molecule has 19 heavy (non-hydrogen) atoms. The van der Waals surface area contributed by atoms with Crippen molar-refractivity contribution in [3.8, 4) is 0 Å². The molecule has 0 bridgehead atoms. The van der Waals surface area contributed by atoms with E-state index in [9.17, 15) is 14.0 Å². The predicted octanol–water partition coefficient (Wildman–Crippen LogP) is 1.19. The zero-order valence-corrected chi connectivity index (χ0v) is 10.6. The van der Waals surface area contributed by atoms with E-state index in [-0.39, 0.29) is 11.5 Å². The smallest absolute Gasteiger partial charge is 0.340 e. The zero-order chi connectivity index (χ0) is 14.0. The molecule has 0 radical (unpaired) electrons. The summed E-state index contributed by atoms with van der Waals surface area (Å²) in [5.74, 6) is -2.02. The van der Waals surface area contributed by atoms with Gasteiger partial charge in [-0.2, -0.15) is 0 Å². The SMILES string of the molecule is CC(=O)N1CCN(c2cccc(F)c2C(=O)O)CC1. The van der Waals surface area contributed by atoms with Crippen molar-refractivity contribution < 1.29 is 19.1 Å². The van der Waals surface area contributed by atoms with Gasteiger partial charge < -0.3 is 14.9 Å². The van der Waals surface area contributed by atoms with Gasteiger partial charge in [-0.3, -0.25) is 4.79 Å². The lowest BCUT2D eigenvalue weighted by Crippen LogP contribution is -2.48. The Kier molecular flexibility index (Phi) is 3.69. The second-order valence-electron chi connectivity index (χ2n) is 4.43. The van der Waals surface area contributed by atoms with Gasteiger partial charge in [0.05, 0.1) is 5.69 Å². The predicted molar refractivity (Wildman–Crippen MR) is 67.8 cm³/mol. The van der Waals surface area contributed by atoms with E-state index in [1.807, 2.05) is 0 Å². The summed E-state index contributed by atoms with van der Waals surface area (Å²) in [6.07, 6.45) is 0. The highest BCUT2D eigenvalue weighted by atomic mass is 19.1. The van der Waals surface area contributed by atoms with Crippen LogP contribution in [-0.2, 0) is 4.79 Å². The molecule has 6 heteroatoms. The number of hydrogen-bond donors (Lipinski definition) is 1. The van der Waals surface area contributed by atoms with Crippen LogP contribution in [0.15, 0.2) is 18.2 Å². The van der Waals surface area contributed by atoms with E-state index in [4.69, 9.17) is 5.11 Å². The molecule has 1 aromatic rings. The standard InChI is InChI=1S/C13H15FN2O3/c1-9(17)15-5-7-16(8-6-15)11-4-2-3-10(14)12(11)13(18)19/h2-4H,5-8H2,1H3,(H,18,19). The molecule has 1 heterocycles. The summed E-state index contributed by atoms with van der Waals surface area (Å²) in [5, 5.41) is 9.09. The Bertz CT molecular complexity index is 511. The van der Waals surface area contributed by atoms with Crippen LogP contribution in [0, 0.1) is 5.82 Å². The van der Waals surface area contributed by atoms with Gasteiger partial charge in [0, 0.05) is 33.1 Å². The first-order chi connectivity index (χ1) is 9.00. The van der Waals surface area contributed by atoms with Crippen LogP contribution < -0.4 is 4.90 Å². The van der Waals surface area contributed by atoms with Gasteiger partial charge in [0.2, 0.25) is 5.91 Å². The number of piperazine rings is 1. The lowest BCUT2D eigenvalue weighted by Gasteiger charge is -2.36. The molecule has 0 aliphatic carbocycles. The van der Waals surface area contributed by atoms with Crippen LogP contribution >= 0.6 is 0 Å². The monoisotopic (exact) mass is 266 g/mol. The Hall–Kier alpha value is -2.11. The molecule has 0 unspecified atom stereocenters. The number of rotatable bonds is 2. The molecule has 0 spiro atoms. The first kappa shape index (κ1) is 13.3. The van der Waals surface area contributed by atoms with Crippen LogP contribution in [0.2, 0.25) is 0 Å². The van der Waals surface area contributed by atoms with Crippen molar-refractivity contribution in [2.24, 2.45) is 0 Å². The van der Waals surface area contributed by atoms with Crippen molar-refractivity contribution in [1.82, 2.24) is 4.90 Å². The van der Waals surface area contributed by atoms with Gasteiger partial charge in [-0.25, -0.2) is 9.18 Å². The molecule has 0 saturated carbocycles. The third kappa shape index (κ3) is 2.67. The molecule has 1 fully saturated rings. The Morgan fingerprint density at radius 1 is 1.21 bits per heavy atom. The van der Waals surface area contributed by atoms with Gasteiger partial charge in [0.1, 0.15) is 11.4 Å². The van der Waals surface area contributed by atoms with E-state index in [2.05, 4.69) is 0 Å². The number of anilines is 1. The molecule has 2 rings (SSSR count). The van der Waals surface area contributed by atoms with Gasteiger partial charge >= 0.3 is 5.97 Å². The highest BCUT2D eigenvalue weighted by molar-refractivity contribution is 5.94. The fourth-order valence-electron chi connectivity index (χ4n) is 2.25. The van der Waals surface area contributed by atoms with E-state index in [1.54, 1.807) is 15.9 Å². The fraction of sp³-hybridized carbons (Fsp3) is 0.385. The summed E-state index contributed by atoms with van der Waals surface area (Å²) in [6.45, 7) is 3.54. The molecule has 1 aliphatic rings. The number of benzene rings is 1. The lowest BCUT2D eigenvalue weighted by molar-refractivity contribution is -0.129. The first-order valence-corrected chi connectivity index (χ1v) is 6.03. The summed E-state index contributed by atoms with van der Waals surface area (Å²) in [6, 6.07) is 4.23. The molecule has 0 atom stereocenters. The molecule has 1 aromatic carbocycles. The maximum Gasteiger partial charge on any atom is 0.340 e. The number of halogens is 1. The number of hydrogen-bond acceptors (Lipinski definition) is 3. The van der Waals surface area contributed by atoms with Crippen molar-refractivity contribution >= 4 is 17.6 Å². The van der Waals surface area contributed by atoms with Crippen molar-refractivity contribution in [2.75, 3.05) is 31.1 Å². The molecular weight excluding hydrogens is 251 g/mol. The van der Waals surface area contributed by atoms with Crippen molar-refractivity contribution in [3.63, 3.8) is 0 Å². The molecule has 0 aromatic heterocycles. The lowest BCUT2D eigenvalue weighted by atomic mass is 10.1. The highest BCUT2D eigenvalue weighted by Gasteiger charge is 2.24. The normalized spacial score (nSPS) is 15.5. The third-order valence-corrected chi connectivity index (χ3v) is 3.27. The number of nitrogens with zero attached hydrogens (tertiary/aromatic N) is 2. The third-order valence-electron chi connectivity index (χ3n) is 3.27. The quantitative estimate of drug-likeness (QED) is 0.873. The summed E-state index contributed by atoms with van der Waals surface area (Å²) in [4.78, 5) is 25.8. The molecule has 5 nitrogen and oxygen atoms in total. The van der Waals surface area contributed by atoms with E-state index in [0.717, 1.165) is 6.07 Å². The minimum atomic E-state index is -1.28. The molecule has 102 valence electrons. The Labute approximate surface area is 110 Å². The maximum absolute atomic E-state index is 13.6. The number of carboxylic acid groups (broad SMARTS) is 1. The van der Waals surface area contributed by atoms with Crippen LogP contribution in [0.5, 0.6) is 0 Å². The van der Waals surface area contributed by atoms with Crippen molar-refractivity contribution in [1.29, 1.82) is 0 Å². The number of carbonyl (C=O) groups excluding carboxylic acids is 1. The highest BCUT2D eigenvalue weighted by Crippen LogP contribution is 2.24. The van der Waals surface area contributed by atoms with E-state index < -0.39 is 11.8 Å². The zero-order valence-electron chi connectivity index (χ0n) is 10.6. The Balaban J connectivity index is 2.22.